The Morgan fingerprint density at radius 3 is 2.64 bits per heavy atom. The van der Waals surface area contributed by atoms with Crippen LogP contribution in [0.1, 0.15) is 33.6 Å². The number of carbonyl (C=O) groups excluding carboxylic acids is 2. The third kappa shape index (κ3) is 2.25. The summed E-state index contributed by atoms with van der Waals surface area (Å²) in [5.41, 5.74) is 0. The van der Waals surface area contributed by atoms with Gasteiger partial charge in [-0.3, -0.25) is 9.59 Å². The smallest absolute Gasteiger partial charge is 0.245 e. The van der Waals surface area contributed by atoms with Gasteiger partial charge < -0.3 is 10.2 Å². The third-order valence-corrected chi connectivity index (χ3v) is 2.53. The zero-order valence-corrected chi connectivity index (χ0v) is 9.04. The van der Waals surface area contributed by atoms with Gasteiger partial charge in [0.1, 0.15) is 6.04 Å². The average Bonchev–Trinajstić information content (AvgIpc) is 2.26. The second kappa shape index (κ2) is 4.44. The van der Waals surface area contributed by atoms with Gasteiger partial charge >= 0.3 is 0 Å². The molecular weight excluding hydrogens is 180 g/mol. The van der Waals surface area contributed by atoms with Gasteiger partial charge in [0, 0.05) is 19.0 Å². The lowest BCUT2D eigenvalue weighted by Crippen LogP contribution is -2.46. The van der Waals surface area contributed by atoms with Crippen LogP contribution in [-0.4, -0.2) is 35.3 Å². The maximum absolute atomic E-state index is 11.9. The van der Waals surface area contributed by atoms with Crippen LogP contribution in [-0.2, 0) is 9.59 Å². The highest BCUT2D eigenvalue weighted by Gasteiger charge is 2.29. The van der Waals surface area contributed by atoms with Gasteiger partial charge in [-0.15, -0.1) is 0 Å². The van der Waals surface area contributed by atoms with Crippen LogP contribution >= 0.6 is 0 Å². The quantitative estimate of drug-likeness (QED) is 0.703. The van der Waals surface area contributed by atoms with Crippen LogP contribution in [0.25, 0.3) is 0 Å². The molecule has 0 radical (unpaired) electrons. The Morgan fingerprint density at radius 1 is 1.50 bits per heavy atom. The lowest BCUT2D eigenvalue weighted by Gasteiger charge is -2.27. The van der Waals surface area contributed by atoms with Crippen molar-refractivity contribution in [1.82, 2.24) is 10.2 Å². The van der Waals surface area contributed by atoms with E-state index >= 15 is 0 Å². The molecule has 0 saturated carbocycles. The molecule has 1 fully saturated rings. The van der Waals surface area contributed by atoms with Gasteiger partial charge in [0.2, 0.25) is 11.8 Å². The van der Waals surface area contributed by atoms with E-state index in [4.69, 9.17) is 0 Å². The van der Waals surface area contributed by atoms with Crippen molar-refractivity contribution >= 4 is 11.8 Å². The largest absolute Gasteiger partial charge is 0.344 e. The van der Waals surface area contributed by atoms with Gasteiger partial charge in [-0.25, -0.2) is 0 Å². The predicted molar refractivity (Wildman–Crippen MR) is 53.7 cm³/mol. The van der Waals surface area contributed by atoms with Gasteiger partial charge in [-0.1, -0.05) is 6.92 Å². The maximum atomic E-state index is 11.9. The van der Waals surface area contributed by atoms with Crippen LogP contribution in [0.5, 0.6) is 0 Å². The van der Waals surface area contributed by atoms with Crippen molar-refractivity contribution in [2.75, 3.05) is 6.54 Å². The second-order valence-corrected chi connectivity index (χ2v) is 3.90. The van der Waals surface area contributed by atoms with E-state index in [9.17, 15) is 9.59 Å². The summed E-state index contributed by atoms with van der Waals surface area (Å²) in [6.07, 6.45) is 1.08. The Balaban J connectivity index is 2.79. The lowest BCUT2D eigenvalue weighted by molar-refractivity contribution is -0.135. The number of nitrogens with one attached hydrogen (secondary N) is 1. The molecule has 1 aliphatic rings. The molecule has 1 rings (SSSR count). The van der Waals surface area contributed by atoms with Gasteiger partial charge in [0.25, 0.3) is 0 Å². The Bertz CT molecular complexity index is 238. The standard InChI is InChI=1S/C10H18N2O2/c1-4-8-10(14)12(7(2)3)6-5-9(13)11-8/h7-8H,4-6H2,1-3H3,(H,11,13). The van der Waals surface area contributed by atoms with Crippen molar-refractivity contribution in [3.8, 4) is 0 Å². The van der Waals surface area contributed by atoms with E-state index in [2.05, 4.69) is 5.32 Å². The molecule has 2 amide bonds. The van der Waals surface area contributed by atoms with Crippen LogP contribution in [0.4, 0.5) is 0 Å². The topological polar surface area (TPSA) is 49.4 Å². The first-order chi connectivity index (χ1) is 6.56. The Labute approximate surface area is 84.7 Å². The number of amides is 2. The molecule has 0 aromatic rings. The zero-order valence-electron chi connectivity index (χ0n) is 9.04. The van der Waals surface area contributed by atoms with E-state index in [1.165, 1.54) is 0 Å². The molecule has 4 nitrogen and oxygen atoms in total. The fraction of sp³-hybridized carbons (Fsp3) is 0.800. The Hall–Kier alpha value is -1.06. The molecule has 0 spiro atoms. The second-order valence-electron chi connectivity index (χ2n) is 3.90. The van der Waals surface area contributed by atoms with Gasteiger partial charge in [0.15, 0.2) is 0 Å². The summed E-state index contributed by atoms with van der Waals surface area (Å²) >= 11 is 0. The fourth-order valence-electron chi connectivity index (χ4n) is 1.65. The zero-order chi connectivity index (χ0) is 10.7. The summed E-state index contributed by atoms with van der Waals surface area (Å²) in [5.74, 6) is 0.0294. The molecule has 1 saturated heterocycles. The summed E-state index contributed by atoms with van der Waals surface area (Å²) in [4.78, 5) is 24.9. The number of rotatable bonds is 2. The van der Waals surface area contributed by atoms with E-state index in [0.29, 0.717) is 19.4 Å². The van der Waals surface area contributed by atoms with E-state index < -0.39 is 0 Å². The third-order valence-electron chi connectivity index (χ3n) is 2.53. The first kappa shape index (κ1) is 11.0. The van der Waals surface area contributed by atoms with Crippen LogP contribution in [0.3, 0.4) is 0 Å². The van der Waals surface area contributed by atoms with Crippen molar-refractivity contribution in [3.63, 3.8) is 0 Å². The number of hydrogen-bond acceptors (Lipinski definition) is 2. The highest BCUT2D eigenvalue weighted by molar-refractivity contribution is 5.90. The minimum atomic E-state index is -0.326. The normalized spacial score (nSPS) is 23.7. The summed E-state index contributed by atoms with van der Waals surface area (Å²) in [6, 6.07) is -0.156. The SMILES string of the molecule is CCC1NC(=O)CCN(C(C)C)C1=O. The minimum Gasteiger partial charge on any atom is -0.344 e. The molecule has 0 bridgehead atoms. The number of hydrogen-bond donors (Lipinski definition) is 1. The molecule has 0 aliphatic carbocycles. The molecule has 14 heavy (non-hydrogen) atoms. The van der Waals surface area contributed by atoms with Crippen LogP contribution < -0.4 is 5.32 Å². The first-order valence-corrected chi connectivity index (χ1v) is 5.16. The number of nitrogens with zero attached hydrogens (tertiary/aromatic N) is 1. The highest BCUT2D eigenvalue weighted by atomic mass is 16.2. The van der Waals surface area contributed by atoms with Gasteiger partial charge in [0.05, 0.1) is 0 Å². The molecule has 0 aromatic carbocycles. The van der Waals surface area contributed by atoms with E-state index in [1.54, 1.807) is 4.90 Å². The van der Waals surface area contributed by atoms with Crippen molar-refractivity contribution in [3.05, 3.63) is 0 Å². The van der Waals surface area contributed by atoms with Gasteiger partial charge in [-0.05, 0) is 20.3 Å². The minimum absolute atomic E-state index is 0.0200. The molecule has 1 heterocycles. The molecular formula is C10H18N2O2. The molecule has 4 heteroatoms. The molecule has 1 N–H and O–H groups in total. The maximum Gasteiger partial charge on any atom is 0.245 e. The highest BCUT2D eigenvalue weighted by Crippen LogP contribution is 2.09. The molecule has 1 unspecified atom stereocenters. The van der Waals surface area contributed by atoms with Crippen LogP contribution in [0, 0.1) is 0 Å². The number of carbonyl (C=O) groups is 2. The first-order valence-electron chi connectivity index (χ1n) is 5.16. The Kier molecular flexibility index (Phi) is 3.49. The molecule has 1 aliphatic heterocycles. The van der Waals surface area contributed by atoms with Crippen LogP contribution in [0.2, 0.25) is 0 Å². The van der Waals surface area contributed by atoms with Crippen molar-refractivity contribution in [2.45, 2.75) is 45.7 Å². The monoisotopic (exact) mass is 198 g/mol. The summed E-state index contributed by atoms with van der Waals surface area (Å²) < 4.78 is 0. The summed E-state index contributed by atoms with van der Waals surface area (Å²) in [7, 11) is 0. The van der Waals surface area contributed by atoms with Crippen molar-refractivity contribution in [1.29, 1.82) is 0 Å². The molecule has 0 aromatic heterocycles. The summed E-state index contributed by atoms with van der Waals surface area (Å²) in [6.45, 7) is 6.40. The van der Waals surface area contributed by atoms with E-state index in [0.717, 1.165) is 0 Å². The summed E-state index contributed by atoms with van der Waals surface area (Å²) in [5, 5.41) is 2.73. The molecule has 1 atom stereocenters. The Morgan fingerprint density at radius 2 is 2.14 bits per heavy atom. The van der Waals surface area contributed by atoms with Crippen molar-refractivity contribution < 1.29 is 9.59 Å². The van der Waals surface area contributed by atoms with E-state index in [1.807, 2.05) is 20.8 Å². The van der Waals surface area contributed by atoms with Crippen molar-refractivity contribution in [2.24, 2.45) is 0 Å². The fourth-order valence-corrected chi connectivity index (χ4v) is 1.65. The van der Waals surface area contributed by atoms with Gasteiger partial charge in [-0.2, -0.15) is 0 Å². The lowest BCUT2D eigenvalue weighted by atomic mass is 10.2. The molecule has 80 valence electrons. The predicted octanol–water partition coefficient (Wildman–Crippen LogP) is 0.522. The van der Waals surface area contributed by atoms with Crippen LogP contribution in [0.15, 0.2) is 0 Å². The van der Waals surface area contributed by atoms with E-state index in [-0.39, 0.29) is 23.9 Å². The average molecular weight is 198 g/mol.